The molecule has 154 valence electrons. The molecular weight excluding hydrogens is 399 g/mol. The number of halogens is 3. The Labute approximate surface area is 161 Å². The van der Waals surface area contributed by atoms with Gasteiger partial charge in [0.2, 0.25) is 0 Å². The zero-order chi connectivity index (χ0) is 20.7. The fourth-order valence-electron chi connectivity index (χ4n) is 3.64. The van der Waals surface area contributed by atoms with Gasteiger partial charge in [0.1, 0.15) is 11.4 Å². The lowest BCUT2D eigenvalue weighted by molar-refractivity contribution is -0.0524. The van der Waals surface area contributed by atoms with Crippen molar-refractivity contribution in [1.29, 1.82) is 0 Å². The largest absolute Gasteiger partial charge is 0.534 e. The second-order valence-electron chi connectivity index (χ2n) is 7.27. The lowest BCUT2D eigenvalue weighted by atomic mass is 9.89. The number of alkyl halides is 3. The van der Waals surface area contributed by atoms with Gasteiger partial charge >= 0.3 is 21.7 Å². The van der Waals surface area contributed by atoms with E-state index >= 15 is 0 Å². The molecule has 6 nitrogen and oxygen atoms in total. The van der Waals surface area contributed by atoms with Crippen LogP contribution in [-0.4, -0.2) is 36.6 Å². The molecule has 1 amide bonds. The van der Waals surface area contributed by atoms with Crippen molar-refractivity contribution in [2.75, 3.05) is 0 Å². The predicted octanol–water partition coefficient (Wildman–Crippen LogP) is 4.26. The number of allylic oxidation sites excluding steroid dienone is 1. The average molecular weight is 419 g/mol. The first-order chi connectivity index (χ1) is 12.9. The molecule has 0 radical (unpaired) electrons. The van der Waals surface area contributed by atoms with Gasteiger partial charge in [0.25, 0.3) is 0 Å². The smallest absolute Gasteiger partial charge is 0.441 e. The molecule has 1 aromatic carbocycles. The molecule has 0 saturated carbocycles. The van der Waals surface area contributed by atoms with Crippen LogP contribution in [-0.2, 0) is 19.0 Å². The Morgan fingerprint density at radius 3 is 2.39 bits per heavy atom. The number of hydrogen-bond acceptors (Lipinski definition) is 5. The van der Waals surface area contributed by atoms with Crippen molar-refractivity contribution in [2.24, 2.45) is 0 Å². The Hall–Kier alpha value is -2.23. The van der Waals surface area contributed by atoms with Gasteiger partial charge in [0.15, 0.2) is 0 Å². The van der Waals surface area contributed by atoms with Crippen LogP contribution in [0.1, 0.15) is 44.7 Å². The molecule has 10 heteroatoms. The second-order valence-corrected chi connectivity index (χ2v) is 8.81. The quantitative estimate of drug-likeness (QED) is 0.539. The average Bonchev–Trinajstić information content (AvgIpc) is 2.83. The monoisotopic (exact) mass is 419 g/mol. The van der Waals surface area contributed by atoms with Gasteiger partial charge in [-0.25, -0.2) is 4.79 Å². The highest BCUT2D eigenvalue weighted by molar-refractivity contribution is 7.87. The molecule has 2 unspecified atom stereocenters. The van der Waals surface area contributed by atoms with E-state index in [4.69, 9.17) is 4.74 Å². The van der Waals surface area contributed by atoms with Gasteiger partial charge in [-0.1, -0.05) is 30.3 Å². The maximum atomic E-state index is 12.5. The molecule has 1 saturated heterocycles. The lowest BCUT2D eigenvalue weighted by Crippen LogP contribution is -2.41. The van der Waals surface area contributed by atoms with Crippen molar-refractivity contribution in [3.8, 4) is 0 Å². The van der Waals surface area contributed by atoms with E-state index in [9.17, 15) is 26.4 Å². The Morgan fingerprint density at radius 2 is 1.86 bits per heavy atom. The molecule has 1 aliphatic carbocycles. The van der Waals surface area contributed by atoms with Crippen LogP contribution in [0.4, 0.5) is 18.0 Å². The molecule has 28 heavy (non-hydrogen) atoms. The minimum atomic E-state index is -5.69. The number of ether oxygens (including phenoxy) is 1. The van der Waals surface area contributed by atoms with E-state index in [-0.39, 0.29) is 37.1 Å². The fraction of sp³-hybridized carbons (Fsp3) is 0.500. The molecule has 1 aliphatic heterocycles. The summed E-state index contributed by atoms with van der Waals surface area (Å²) in [7, 11) is -5.69. The van der Waals surface area contributed by atoms with Crippen LogP contribution in [0.25, 0.3) is 0 Å². The van der Waals surface area contributed by atoms with E-state index in [1.54, 1.807) is 18.7 Å². The molecule has 0 spiro atoms. The predicted molar refractivity (Wildman–Crippen MR) is 93.4 cm³/mol. The minimum Gasteiger partial charge on any atom is -0.441 e. The topological polar surface area (TPSA) is 72.9 Å². The van der Waals surface area contributed by atoms with E-state index in [0.29, 0.717) is 0 Å². The van der Waals surface area contributed by atoms with Gasteiger partial charge in [-0.3, -0.25) is 4.90 Å². The Bertz CT molecular complexity index is 880. The van der Waals surface area contributed by atoms with Crippen molar-refractivity contribution in [3.63, 3.8) is 0 Å². The summed E-state index contributed by atoms with van der Waals surface area (Å²) in [6.07, 6.45) is 1.17. The number of carbonyl (C=O) groups excluding carboxylic acids is 1. The third-order valence-corrected chi connectivity index (χ3v) is 5.85. The SMILES string of the molecule is CC1(C)OC(=O)N(C2CC=C(OS(=O)(=O)C(F)(F)F)CC2)C1c1ccccc1. The van der Waals surface area contributed by atoms with Gasteiger partial charge in [-0.15, -0.1) is 0 Å². The van der Waals surface area contributed by atoms with Crippen molar-refractivity contribution in [1.82, 2.24) is 4.90 Å². The molecule has 1 aromatic rings. The molecule has 0 N–H and O–H groups in total. The van der Waals surface area contributed by atoms with Crippen LogP contribution < -0.4 is 0 Å². The number of nitrogens with zero attached hydrogens (tertiary/aromatic N) is 1. The minimum absolute atomic E-state index is 0.0360. The summed E-state index contributed by atoms with van der Waals surface area (Å²) < 4.78 is 69.5. The van der Waals surface area contributed by atoms with Crippen LogP contribution >= 0.6 is 0 Å². The van der Waals surface area contributed by atoms with Crippen molar-refractivity contribution < 1.29 is 35.3 Å². The number of hydrogen-bond donors (Lipinski definition) is 0. The van der Waals surface area contributed by atoms with E-state index in [1.165, 1.54) is 6.08 Å². The summed E-state index contributed by atoms with van der Waals surface area (Å²) in [5.74, 6) is -0.267. The summed E-state index contributed by atoms with van der Waals surface area (Å²) in [5, 5.41) is 0. The van der Waals surface area contributed by atoms with Crippen LogP contribution in [0.2, 0.25) is 0 Å². The maximum absolute atomic E-state index is 12.5. The fourth-order valence-corrected chi connectivity index (χ4v) is 4.17. The molecule has 1 fully saturated rings. The number of benzene rings is 1. The van der Waals surface area contributed by atoms with E-state index in [1.807, 2.05) is 30.3 Å². The molecule has 0 bridgehead atoms. The zero-order valence-corrected chi connectivity index (χ0v) is 16.1. The van der Waals surface area contributed by atoms with Crippen LogP contribution in [0.15, 0.2) is 42.2 Å². The Balaban J connectivity index is 1.80. The van der Waals surface area contributed by atoms with Crippen LogP contribution in [0, 0.1) is 0 Å². The lowest BCUT2D eigenvalue weighted by Gasteiger charge is -2.35. The number of cyclic esters (lactones) is 1. The summed E-state index contributed by atoms with van der Waals surface area (Å²) in [6.45, 7) is 3.59. The third kappa shape index (κ3) is 3.82. The van der Waals surface area contributed by atoms with Gasteiger partial charge in [0.05, 0.1) is 6.04 Å². The molecule has 2 atom stereocenters. The normalized spacial score (nSPS) is 25.2. The summed E-state index contributed by atoms with van der Waals surface area (Å²) in [6, 6.07) is 8.59. The summed E-state index contributed by atoms with van der Waals surface area (Å²) in [4.78, 5) is 14.1. The van der Waals surface area contributed by atoms with Crippen LogP contribution in [0.5, 0.6) is 0 Å². The van der Waals surface area contributed by atoms with Gasteiger partial charge < -0.3 is 8.92 Å². The molecule has 3 rings (SSSR count). The summed E-state index contributed by atoms with van der Waals surface area (Å²) in [5.41, 5.74) is -5.39. The van der Waals surface area contributed by atoms with Gasteiger partial charge in [-0.05, 0) is 38.3 Å². The Kier molecular flexibility index (Phi) is 5.11. The first-order valence-corrected chi connectivity index (χ1v) is 10.1. The zero-order valence-electron chi connectivity index (χ0n) is 15.3. The van der Waals surface area contributed by atoms with E-state index in [2.05, 4.69) is 4.18 Å². The number of carbonyl (C=O) groups is 1. The maximum Gasteiger partial charge on any atom is 0.534 e. The van der Waals surface area contributed by atoms with Crippen LogP contribution in [0.3, 0.4) is 0 Å². The van der Waals surface area contributed by atoms with Crippen molar-refractivity contribution in [3.05, 3.63) is 47.7 Å². The molecule has 1 heterocycles. The highest BCUT2D eigenvalue weighted by atomic mass is 32.2. The molecule has 0 aromatic heterocycles. The van der Waals surface area contributed by atoms with E-state index < -0.39 is 27.3 Å². The van der Waals surface area contributed by atoms with Gasteiger partial charge in [-0.2, -0.15) is 21.6 Å². The second kappa shape index (κ2) is 6.98. The number of rotatable bonds is 4. The number of amides is 1. The molecule has 2 aliphatic rings. The first kappa shape index (κ1) is 20.5. The summed E-state index contributed by atoms with van der Waals surface area (Å²) >= 11 is 0. The van der Waals surface area contributed by atoms with Gasteiger partial charge in [0, 0.05) is 12.5 Å². The highest BCUT2D eigenvalue weighted by Crippen LogP contribution is 2.44. The third-order valence-electron chi connectivity index (χ3n) is 4.85. The van der Waals surface area contributed by atoms with E-state index in [0.717, 1.165) is 5.56 Å². The molecular formula is C18H20F3NO5S. The standard InChI is InChI=1S/C18H20F3NO5S/c1-17(2)15(12-6-4-3-5-7-12)22(16(23)26-17)13-8-10-14(11-9-13)27-28(24,25)18(19,20)21/h3-7,10,13,15H,8-9,11H2,1-2H3. The first-order valence-electron chi connectivity index (χ1n) is 8.68. The van der Waals surface area contributed by atoms with Crippen molar-refractivity contribution in [2.45, 2.75) is 56.3 Å². The van der Waals surface area contributed by atoms with Crippen molar-refractivity contribution >= 4 is 16.2 Å². The highest BCUT2D eigenvalue weighted by Gasteiger charge is 2.52. The Morgan fingerprint density at radius 1 is 1.21 bits per heavy atom.